The lowest BCUT2D eigenvalue weighted by molar-refractivity contribution is -0.120. The second-order valence-corrected chi connectivity index (χ2v) is 6.10. The van der Waals surface area contributed by atoms with E-state index in [1.807, 2.05) is 62.2 Å². The minimum atomic E-state index is -0.268. The molecule has 4 nitrogen and oxygen atoms in total. The summed E-state index contributed by atoms with van der Waals surface area (Å²) in [7, 11) is 1.93. The predicted octanol–water partition coefficient (Wildman–Crippen LogP) is 4.20. The fourth-order valence-corrected chi connectivity index (χ4v) is 2.49. The quantitative estimate of drug-likeness (QED) is 0.817. The summed E-state index contributed by atoms with van der Waals surface area (Å²) in [6, 6.07) is 14.8. The third-order valence-corrected chi connectivity index (χ3v) is 4.03. The number of amides is 1. The Hall–Kier alpha value is -2.04. The molecule has 128 valence electrons. The molecule has 2 aromatic carbocycles. The van der Waals surface area contributed by atoms with Crippen LogP contribution in [0.1, 0.15) is 19.4 Å². The molecule has 1 N–H and O–H groups in total. The number of hydrogen-bond acceptors (Lipinski definition) is 3. The summed E-state index contributed by atoms with van der Waals surface area (Å²) in [6.07, 6.45) is 0. The van der Waals surface area contributed by atoms with Gasteiger partial charge in [0.25, 0.3) is 0 Å². The van der Waals surface area contributed by atoms with Gasteiger partial charge in [-0.15, -0.1) is 0 Å². The Bertz CT molecular complexity index is 673. The fourth-order valence-electron chi connectivity index (χ4n) is 2.30. The van der Waals surface area contributed by atoms with Crippen LogP contribution < -0.4 is 10.1 Å². The Balaban J connectivity index is 1.93. The topological polar surface area (TPSA) is 41.6 Å². The van der Waals surface area contributed by atoms with E-state index in [9.17, 15) is 4.79 Å². The highest BCUT2D eigenvalue weighted by Crippen LogP contribution is 2.17. The van der Waals surface area contributed by atoms with Crippen molar-refractivity contribution in [2.24, 2.45) is 0 Å². The van der Waals surface area contributed by atoms with Gasteiger partial charge in [-0.25, -0.2) is 0 Å². The van der Waals surface area contributed by atoms with Crippen molar-refractivity contribution in [3.63, 3.8) is 0 Å². The summed E-state index contributed by atoms with van der Waals surface area (Å²) in [5, 5.41) is 3.49. The molecule has 2 aromatic rings. The van der Waals surface area contributed by atoms with Gasteiger partial charge in [0.1, 0.15) is 5.75 Å². The molecule has 2 rings (SSSR count). The van der Waals surface area contributed by atoms with Gasteiger partial charge in [-0.1, -0.05) is 29.8 Å². The van der Waals surface area contributed by atoms with Crippen LogP contribution in [0.3, 0.4) is 0 Å². The predicted molar refractivity (Wildman–Crippen MR) is 98.6 cm³/mol. The number of ether oxygens (including phenoxy) is 1. The SMILES string of the molecule is CCOc1ccc(CN(C)C(C)C(=O)Nc2cccc(Cl)c2)cc1. The lowest BCUT2D eigenvalue weighted by Crippen LogP contribution is -2.39. The lowest BCUT2D eigenvalue weighted by Gasteiger charge is -2.24. The van der Waals surface area contributed by atoms with Gasteiger partial charge in [0, 0.05) is 17.3 Å². The maximum atomic E-state index is 12.4. The highest BCUT2D eigenvalue weighted by molar-refractivity contribution is 6.30. The van der Waals surface area contributed by atoms with Gasteiger partial charge in [-0.2, -0.15) is 0 Å². The molecule has 0 bridgehead atoms. The smallest absolute Gasteiger partial charge is 0.241 e. The summed E-state index contributed by atoms with van der Waals surface area (Å²) >= 11 is 5.94. The molecule has 0 saturated carbocycles. The Labute approximate surface area is 148 Å². The number of rotatable bonds is 7. The van der Waals surface area contributed by atoms with Crippen molar-refractivity contribution < 1.29 is 9.53 Å². The second kappa shape index (κ2) is 8.71. The van der Waals surface area contributed by atoms with E-state index in [4.69, 9.17) is 16.3 Å². The summed E-state index contributed by atoms with van der Waals surface area (Å²) < 4.78 is 5.44. The van der Waals surface area contributed by atoms with E-state index < -0.39 is 0 Å². The monoisotopic (exact) mass is 346 g/mol. The molecule has 0 heterocycles. The maximum absolute atomic E-state index is 12.4. The Morgan fingerprint density at radius 2 is 1.96 bits per heavy atom. The zero-order chi connectivity index (χ0) is 17.5. The lowest BCUT2D eigenvalue weighted by atomic mass is 10.1. The molecule has 0 aromatic heterocycles. The molecule has 1 amide bonds. The van der Waals surface area contributed by atoms with Gasteiger partial charge in [-0.05, 0) is 56.8 Å². The Morgan fingerprint density at radius 1 is 1.25 bits per heavy atom. The van der Waals surface area contributed by atoms with Crippen LogP contribution in [0.4, 0.5) is 5.69 Å². The van der Waals surface area contributed by atoms with Gasteiger partial charge < -0.3 is 10.1 Å². The van der Waals surface area contributed by atoms with Crippen LogP contribution in [0.5, 0.6) is 5.75 Å². The number of carbonyl (C=O) groups excluding carboxylic acids is 1. The van der Waals surface area contributed by atoms with Crippen molar-refractivity contribution >= 4 is 23.2 Å². The van der Waals surface area contributed by atoms with E-state index in [-0.39, 0.29) is 11.9 Å². The number of benzene rings is 2. The van der Waals surface area contributed by atoms with Crippen molar-refractivity contribution in [1.82, 2.24) is 4.90 Å². The van der Waals surface area contributed by atoms with Crippen LogP contribution in [0.15, 0.2) is 48.5 Å². The van der Waals surface area contributed by atoms with E-state index >= 15 is 0 Å². The second-order valence-electron chi connectivity index (χ2n) is 5.67. The van der Waals surface area contributed by atoms with Crippen LogP contribution >= 0.6 is 11.6 Å². The van der Waals surface area contributed by atoms with Crippen molar-refractivity contribution in [3.05, 3.63) is 59.1 Å². The van der Waals surface area contributed by atoms with E-state index in [2.05, 4.69) is 5.32 Å². The molecule has 0 aliphatic rings. The number of anilines is 1. The first-order valence-corrected chi connectivity index (χ1v) is 8.35. The first-order chi connectivity index (χ1) is 11.5. The fraction of sp³-hybridized carbons (Fsp3) is 0.316. The maximum Gasteiger partial charge on any atom is 0.241 e. The molecule has 0 aliphatic heterocycles. The number of hydrogen-bond donors (Lipinski definition) is 1. The number of nitrogens with one attached hydrogen (secondary N) is 1. The standard InChI is InChI=1S/C19H23ClN2O2/c1-4-24-18-10-8-15(9-11-18)13-22(3)14(2)19(23)21-17-7-5-6-16(20)12-17/h5-12,14H,4,13H2,1-3H3,(H,21,23). The number of halogens is 1. The van der Waals surface area contributed by atoms with Crippen molar-refractivity contribution in [3.8, 4) is 5.75 Å². The van der Waals surface area contributed by atoms with Gasteiger partial charge in [-0.3, -0.25) is 9.69 Å². The summed E-state index contributed by atoms with van der Waals surface area (Å²) in [6.45, 7) is 5.17. The zero-order valence-electron chi connectivity index (χ0n) is 14.3. The van der Waals surface area contributed by atoms with E-state index in [1.54, 1.807) is 12.1 Å². The van der Waals surface area contributed by atoms with Crippen LogP contribution in [0, 0.1) is 0 Å². The van der Waals surface area contributed by atoms with E-state index in [1.165, 1.54) is 0 Å². The zero-order valence-corrected chi connectivity index (χ0v) is 15.0. The summed E-state index contributed by atoms with van der Waals surface area (Å²) in [4.78, 5) is 14.4. The van der Waals surface area contributed by atoms with Gasteiger partial charge in [0.05, 0.1) is 12.6 Å². The Morgan fingerprint density at radius 3 is 2.58 bits per heavy atom. The van der Waals surface area contributed by atoms with Crippen molar-refractivity contribution in [2.45, 2.75) is 26.4 Å². The first-order valence-electron chi connectivity index (χ1n) is 7.98. The molecule has 0 spiro atoms. The van der Waals surface area contributed by atoms with Crippen LogP contribution in [0.2, 0.25) is 5.02 Å². The third-order valence-electron chi connectivity index (χ3n) is 3.80. The summed E-state index contributed by atoms with van der Waals surface area (Å²) in [5.74, 6) is 0.793. The van der Waals surface area contributed by atoms with E-state index in [0.717, 1.165) is 11.3 Å². The molecule has 0 aliphatic carbocycles. The average molecular weight is 347 g/mol. The highest BCUT2D eigenvalue weighted by Gasteiger charge is 2.18. The van der Waals surface area contributed by atoms with Crippen molar-refractivity contribution in [2.75, 3.05) is 19.0 Å². The van der Waals surface area contributed by atoms with Crippen LogP contribution in [-0.2, 0) is 11.3 Å². The summed E-state index contributed by atoms with van der Waals surface area (Å²) in [5.41, 5.74) is 1.83. The highest BCUT2D eigenvalue weighted by atomic mass is 35.5. The van der Waals surface area contributed by atoms with Gasteiger partial charge in [0.2, 0.25) is 5.91 Å². The molecule has 1 unspecified atom stereocenters. The third kappa shape index (κ3) is 5.25. The minimum absolute atomic E-state index is 0.0642. The molecule has 0 fully saturated rings. The van der Waals surface area contributed by atoms with Crippen LogP contribution in [0.25, 0.3) is 0 Å². The molecule has 1 atom stereocenters. The largest absolute Gasteiger partial charge is 0.494 e. The average Bonchev–Trinajstić information content (AvgIpc) is 2.56. The molecule has 0 radical (unpaired) electrons. The molecule has 5 heteroatoms. The number of nitrogens with zero attached hydrogens (tertiary/aromatic N) is 1. The molecular weight excluding hydrogens is 324 g/mol. The number of likely N-dealkylation sites (N-methyl/N-ethyl adjacent to an activating group) is 1. The van der Waals surface area contributed by atoms with Gasteiger partial charge >= 0.3 is 0 Å². The molecule has 24 heavy (non-hydrogen) atoms. The van der Waals surface area contributed by atoms with Gasteiger partial charge in [0.15, 0.2) is 0 Å². The number of carbonyl (C=O) groups is 1. The molecule has 0 saturated heterocycles. The molecular formula is C19H23ClN2O2. The van der Waals surface area contributed by atoms with E-state index in [0.29, 0.717) is 23.9 Å². The first kappa shape index (κ1) is 18.3. The Kier molecular flexibility index (Phi) is 6.64. The minimum Gasteiger partial charge on any atom is -0.494 e. The van der Waals surface area contributed by atoms with Crippen molar-refractivity contribution in [1.29, 1.82) is 0 Å². The van der Waals surface area contributed by atoms with Crippen LogP contribution in [-0.4, -0.2) is 30.5 Å². The normalized spacial score (nSPS) is 12.0.